The molecule has 3 aromatic heterocycles. The van der Waals surface area contributed by atoms with Crippen LogP contribution in [-0.2, 0) is 18.4 Å². The van der Waals surface area contributed by atoms with E-state index in [1.54, 1.807) is 40.0 Å². The van der Waals surface area contributed by atoms with Gasteiger partial charge in [-0.3, -0.25) is 14.2 Å². The van der Waals surface area contributed by atoms with Gasteiger partial charge in [-0.1, -0.05) is 0 Å². The van der Waals surface area contributed by atoms with Crippen LogP contribution in [0.15, 0.2) is 36.7 Å². The van der Waals surface area contributed by atoms with Gasteiger partial charge in [0.05, 0.1) is 11.1 Å². The maximum Gasteiger partial charge on any atom is 0.247 e. The lowest BCUT2D eigenvalue weighted by Crippen LogP contribution is -2.20. The zero-order valence-corrected chi connectivity index (χ0v) is 12.6. The Hall–Kier alpha value is -2.41. The van der Waals surface area contributed by atoms with Gasteiger partial charge >= 0.3 is 0 Å². The lowest BCUT2D eigenvalue weighted by Gasteiger charge is -2.05. The lowest BCUT2D eigenvalue weighted by molar-refractivity contribution is -0.116. The zero-order valence-electron chi connectivity index (χ0n) is 11.8. The molecule has 7 heteroatoms. The fraction of sp³-hybridized carbons (Fsp3) is 0.214. The number of thiophene rings is 1. The number of rotatable bonds is 4. The fourth-order valence-electron chi connectivity index (χ4n) is 1.98. The zero-order chi connectivity index (χ0) is 14.8. The molecule has 0 radical (unpaired) electrons. The Morgan fingerprint density at radius 2 is 2.19 bits per heavy atom. The third-order valence-corrected chi connectivity index (χ3v) is 4.05. The second-order valence-electron chi connectivity index (χ2n) is 4.70. The van der Waals surface area contributed by atoms with Gasteiger partial charge in [-0.2, -0.15) is 10.2 Å². The molecular weight excluding hydrogens is 286 g/mol. The number of aryl methyl sites for hydroxylation is 2. The van der Waals surface area contributed by atoms with E-state index in [1.165, 1.54) is 4.88 Å². The maximum atomic E-state index is 12.0. The third kappa shape index (κ3) is 3.03. The molecule has 1 N–H and O–H groups in total. The number of aromatic nitrogens is 4. The van der Waals surface area contributed by atoms with Crippen LogP contribution in [0.2, 0.25) is 0 Å². The van der Waals surface area contributed by atoms with Gasteiger partial charge in [0.25, 0.3) is 0 Å². The highest BCUT2D eigenvalue weighted by Crippen LogP contribution is 2.25. The van der Waals surface area contributed by atoms with Crippen LogP contribution in [0, 0.1) is 6.92 Å². The number of hydrogen-bond donors (Lipinski definition) is 1. The third-order valence-electron chi connectivity index (χ3n) is 3.03. The highest BCUT2D eigenvalue weighted by molar-refractivity contribution is 7.15. The van der Waals surface area contributed by atoms with Gasteiger partial charge in [0.2, 0.25) is 5.91 Å². The van der Waals surface area contributed by atoms with Crippen LogP contribution in [0.5, 0.6) is 0 Å². The van der Waals surface area contributed by atoms with Gasteiger partial charge in [-0.15, -0.1) is 11.3 Å². The summed E-state index contributed by atoms with van der Waals surface area (Å²) < 4.78 is 3.25. The molecule has 0 bridgehead atoms. The Labute approximate surface area is 126 Å². The first-order valence-electron chi connectivity index (χ1n) is 6.50. The SMILES string of the molecule is Cc1ccc(-c2ccn(CC(=O)Nc3ccnn3C)n2)s1. The van der Waals surface area contributed by atoms with Crippen molar-refractivity contribution in [3.8, 4) is 10.6 Å². The van der Waals surface area contributed by atoms with Gasteiger partial charge in [0.1, 0.15) is 18.1 Å². The van der Waals surface area contributed by atoms with Crippen LogP contribution in [0.4, 0.5) is 5.82 Å². The molecule has 6 nitrogen and oxygen atoms in total. The van der Waals surface area contributed by atoms with E-state index < -0.39 is 0 Å². The van der Waals surface area contributed by atoms with Crippen molar-refractivity contribution in [3.05, 3.63) is 41.5 Å². The van der Waals surface area contributed by atoms with Crippen molar-refractivity contribution in [1.82, 2.24) is 19.6 Å². The summed E-state index contributed by atoms with van der Waals surface area (Å²) in [7, 11) is 1.78. The van der Waals surface area contributed by atoms with E-state index in [1.807, 2.05) is 18.3 Å². The Kier molecular flexibility index (Phi) is 3.57. The number of anilines is 1. The number of carbonyl (C=O) groups excluding carboxylic acids is 1. The summed E-state index contributed by atoms with van der Waals surface area (Å²) in [6, 6.07) is 7.78. The Bertz CT molecular complexity index is 770. The van der Waals surface area contributed by atoms with Crippen molar-refractivity contribution < 1.29 is 4.79 Å². The smallest absolute Gasteiger partial charge is 0.247 e. The molecule has 0 aliphatic heterocycles. The number of nitrogens with one attached hydrogen (secondary N) is 1. The van der Waals surface area contributed by atoms with Crippen molar-refractivity contribution >= 4 is 23.1 Å². The number of nitrogens with zero attached hydrogens (tertiary/aromatic N) is 4. The van der Waals surface area contributed by atoms with Crippen molar-refractivity contribution in [3.63, 3.8) is 0 Å². The van der Waals surface area contributed by atoms with Crippen LogP contribution in [0.3, 0.4) is 0 Å². The predicted octanol–water partition coefficient (Wildman–Crippen LogP) is 2.29. The highest BCUT2D eigenvalue weighted by Gasteiger charge is 2.09. The van der Waals surface area contributed by atoms with E-state index in [2.05, 4.69) is 28.5 Å². The van der Waals surface area contributed by atoms with E-state index in [-0.39, 0.29) is 12.5 Å². The topological polar surface area (TPSA) is 64.7 Å². The van der Waals surface area contributed by atoms with E-state index in [9.17, 15) is 4.79 Å². The molecule has 1 amide bonds. The molecule has 21 heavy (non-hydrogen) atoms. The van der Waals surface area contributed by atoms with Crippen LogP contribution in [0.1, 0.15) is 4.88 Å². The first kappa shape index (κ1) is 13.6. The molecule has 3 rings (SSSR count). The molecule has 0 fully saturated rings. The molecule has 108 valence electrons. The van der Waals surface area contributed by atoms with Gasteiger partial charge < -0.3 is 5.32 Å². The van der Waals surface area contributed by atoms with Crippen molar-refractivity contribution in [1.29, 1.82) is 0 Å². The monoisotopic (exact) mass is 301 g/mol. The highest BCUT2D eigenvalue weighted by atomic mass is 32.1. The van der Waals surface area contributed by atoms with Crippen LogP contribution in [-0.4, -0.2) is 25.5 Å². The van der Waals surface area contributed by atoms with E-state index in [0.29, 0.717) is 5.82 Å². The Morgan fingerprint density at radius 3 is 2.86 bits per heavy atom. The van der Waals surface area contributed by atoms with Crippen LogP contribution >= 0.6 is 11.3 Å². The molecule has 0 saturated carbocycles. The molecule has 0 aliphatic carbocycles. The molecular formula is C14H15N5OS. The minimum atomic E-state index is -0.129. The summed E-state index contributed by atoms with van der Waals surface area (Å²) in [6.07, 6.45) is 3.45. The number of carbonyl (C=O) groups is 1. The summed E-state index contributed by atoms with van der Waals surface area (Å²) >= 11 is 1.69. The van der Waals surface area contributed by atoms with E-state index in [4.69, 9.17) is 0 Å². The largest absolute Gasteiger partial charge is 0.309 e. The number of amides is 1. The average molecular weight is 301 g/mol. The van der Waals surface area contributed by atoms with Gasteiger partial charge in [0, 0.05) is 24.2 Å². The van der Waals surface area contributed by atoms with Gasteiger partial charge in [-0.05, 0) is 25.1 Å². The summed E-state index contributed by atoms with van der Waals surface area (Å²) in [4.78, 5) is 14.3. The second kappa shape index (κ2) is 5.53. The summed E-state index contributed by atoms with van der Waals surface area (Å²) in [6.45, 7) is 2.24. The first-order valence-corrected chi connectivity index (χ1v) is 7.31. The van der Waals surface area contributed by atoms with E-state index in [0.717, 1.165) is 10.6 Å². The quantitative estimate of drug-likeness (QED) is 0.804. The van der Waals surface area contributed by atoms with Crippen LogP contribution < -0.4 is 5.32 Å². The molecule has 0 unspecified atom stereocenters. The minimum absolute atomic E-state index is 0.129. The fourth-order valence-corrected chi connectivity index (χ4v) is 2.81. The van der Waals surface area contributed by atoms with E-state index >= 15 is 0 Å². The predicted molar refractivity (Wildman–Crippen MR) is 82.1 cm³/mol. The summed E-state index contributed by atoms with van der Waals surface area (Å²) in [5.74, 6) is 0.539. The molecule has 3 heterocycles. The Balaban J connectivity index is 1.67. The maximum absolute atomic E-state index is 12.0. The molecule has 0 saturated heterocycles. The van der Waals surface area contributed by atoms with Gasteiger partial charge in [-0.25, -0.2) is 0 Å². The lowest BCUT2D eigenvalue weighted by atomic mass is 10.3. The number of hydrogen-bond acceptors (Lipinski definition) is 4. The normalized spacial score (nSPS) is 10.8. The van der Waals surface area contributed by atoms with Gasteiger partial charge in [0.15, 0.2) is 0 Å². The van der Waals surface area contributed by atoms with Crippen molar-refractivity contribution in [2.45, 2.75) is 13.5 Å². The van der Waals surface area contributed by atoms with Crippen molar-refractivity contribution in [2.24, 2.45) is 7.05 Å². The molecule has 0 spiro atoms. The summed E-state index contributed by atoms with van der Waals surface area (Å²) in [5, 5.41) is 11.2. The summed E-state index contributed by atoms with van der Waals surface area (Å²) in [5.41, 5.74) is 0.890. The molecule has 0 aliphatic rings. The standard InChI is InChI=1S/C14H15N5OS/c1-10-3-4-12(21-10)11-6-8-19(17-11)9-14(20)16-13-5-7-15-18(13)2/h3-8H,9H2,1-2H3,(H,16,20). The van der Waals surface area contributed by atoms with Crippen molar-refractivity contribution in [2.75, 3.05) is 5.32 Å². The minimum Gasteiger partial charge on any atom is -0.309 e. The second-order valence-corrected chi connectivity index (χ2v) is 5.98. The Morgan fingerprint density at radius 1 is 1.33 bits per heavy atom. The molecule has 3 aromatic rings. The average Bonchev–Trinajstić information content (AvgIpc) is 3.13. The van der Waals surface area contributed by atoms with Crippen LogP contribution in [0.25, 0.3) is 10.6 Å². The molecule has 0 atom stereocenters. The molecule has 0 aromatic carbocycles. The first-order chi connectivity index (χ1) is 10.1.